The summed E-state index contributed by atoms with van der Waals surface area (Å²) in [5.41, 5.74) is 7.75. The van der Waals surface area contributed by atoms with Crippen LogP contribution in [0.15, 0.2) is 18.2 Å². The molecule has 3 N–H and O–H groups in total. The third-order valence-electron chi connectivity index (χ3n) is 3.50. The van der Waals surface area contributed by atoms with Gasteiger partial charge in [0.1, 0.15) is 5.01 Å². The highest BCUT2D eigenvalue weighted by Crippen LogP contribution is 2.28. The van der Waals surface area contributed by atoms with E-state index in [1.54, 1.807) is 12.1 Å². The summed E-state index contributed by atoms with van der Waals surface area (Å²) < 4.78 is 0. The lowest BCUT2D eigenvalue weighted by molar-refractivity contribution is 0.102. The van der Waals surface area contributed by atoms with E-state index >= 15 is 0 Å². The Hall–Kier alpha value is -1.95. The zero-order valence-corrected chi connectivity index (χ0v) is 13.3. The first-order chi connectivity index (χ1) is 10.0. The van der Waals surface area contributed by atoms with Crippen molar-refractivity contribution in [2.45, 2.75) is 39.5 Å². The monoisotopic (exact) mass is 304 g/mol. The molecule has 0 aliphatic heterocycles. The molecule has 112 valence electrons. The molecule has 0 aliphatic rings. The molecule has 0 bridgehead atoms. The van der Waals surface area contributed by atoms with E-state index in [4.69, 9.17) is 5.73 Å². The van der Waals surface area contributed by atoms with E-state index in [1.807, 2.05) is 13.0 Å². The average molecular weight is 304 g/mol. The number of nitrogens with two attached hydrogens (primary N) is 1. The number of aryl methyl sites for hydroxylation is 1. The molecule has 0 fully saturated rings. The normalized spacial score (nSPS) is 10.9. The van der Waals surface area contributed by atoms with E-state index in [9.17, 15) is 4.79 Å². The second-order valence-corrected chi connectivity index (χ2v) is 6.00. The van der Waals surface area contributed by atoms with E-state index in [0.29, 0.717) is 22.3 Å². The molecular weight excluding hydrogens is 284 g/mol. The Morgan fingerprint density at radius 2 is 2.05 bits per heavy atom. The number of carbonyl (C=O) groups excluding carboxylic acids is 1. The zero-order chi connectivity index (χ0) is 15.4. The van der Waals surface area contributed by atoms with Crippen LogP contribution in [0.1, 0.15) is 53.5 Å². The second-order valence-electron chi connectivity index (χ2n) is 4.99. The molecule has 5 nitrogen and oxygen atoms in total. The molecule has 0 saturated heterocycles. The molecule has 0 aliphatic carbocycles. The Morgan fingerprint density at radius 3 is 2.71 bits per heavy atom. The van der Waals surface area contributed by atoms with Crippen LogP contribution in [0.3, 0.4) is 0 Å². The topological polar surface area (TPSA) is 80.9 Å². The van der Waals surface area contributed by atoms with Gasteiger partial charge in [0.2, 0.25) is 5.13 Å². The van der Waals surface area contributed by atoms with E-state index < -0.39 is 0 Å². The van der Waals surface area contributed by atoms with Gasteiger partial charge in [-0.05, 0) is 37.5 Å². The third kappa shape index (κ3) is 3.58. The molecular formula is C15H20N4OS. The van der Waals surface area contributed by atoms with Crippen molar-refractivity contribution < 1.29 is 4.79 Å². The van der Waals surface area contributed by atoms with Gasteiger partial charge in [-0.15, -0.1) is 10.2 Å². The summed E-state index contributed by atoms with van der Waals surface area (Å²) >= 11 is 1.44. The summed E-state index contributed by atoms with van der Waals surface area (Å²) in [6.45, 7) is 6.14. The minimum atomic E-state index is -0.202. The van der Waals surface area contributed by atoms with Crippen molar-refractivity contribution in [3.63, 3.8) is 0 Å². The minimum Gasteiger partial charge on any atom is -0.399 e. The quantitative estimate of drug-likeness (QED) is 0.827. The fourth-order valence-electron chi connectivity index (χ4n) is 2.14. The summed E-state index contributed by atoms with van der Waals surface area (Å²) in [6.07, 6.45) is 2.04. The maximum Gasteiger partial charge on any atom is 0.257 e. The molecule has 0 radical (unpaired) electrons. The van der Waals surface area contributed by atoms with Crippen molar-refractivity contribution in [2.75, 3.05) is 11.1 Å². The van der Waals surface area contributed by atoms with Crippen LogP contribution in [0, 0.1) is 6.92 Å². The minimum absolute atomic E-state index is 0.202. The van der Waals surface area contributed by atoms with Gasteiger partial charge in [-0.3, -0.25) is 10.1 Å². The average Bonchev–Trinajstić information content (AvgIpc) is 2.91. The summed E-state index contributed by atoms with van der Waals surface area (Å²) in [7, 11) is 0. The number of anilines is 2. The smallest absolute Gasteiger partial charge is 0.257 e. The fraction of sp³-hybridized carbons (Fsp3) is 0.400. The number of nitrogens with one attached hydrogen (secondary N) is 1. The lowest BCUT2D eigenvalue weighted by Crippen LogP contribution is -2.13. The van der Waals surface area contributed by atoms with Crippen molar-refractivity contribution in [3.05, 3.63) is 34.3 Å². The van der Waals surface area contributed by atoms with Crippen LogP contribution in [0.2, 0.25) is 0 Å². The summed E-state index contributed by atoms with van der Waals surface area (Å²) in [6, 6.07) is 5.29. The van der Waals surface area contributed by atoms with Gasteiger partial charge in [0, 0.05) is 17.2 Å². The zero-order valence-electron chi connectivity index (χ0n) is 12.5. The van der Waals surface area contributed by atoms with Gasteiger partial charge in [0.15, 0.2) is 0 Å². The molecule has 0 spiro atoms. The van der Waals surface area contributed by atoms with Crippen LogP contribution in [0.5, 0.6) is 0 Å². The SMILES string of the molecule is CCC(CC)c1nnc(NC(=O)c2cc(N)ccc2C)s1. The van der Waals surface area contributed by atoms with Gasteiger partial charge in [0.25, 0.3) is 5.91 Å². The molecule has 1 amide bonds. The molecule has 1 heterocycles. The van der Waals surface area contributed by atoms with Gasteiger partial charge in [-0.1, -0.05) is 31.3 Å². The number of nitrogens with zero attached hydrogens (tertiary/aromatic N) is 2. The Bertz CT molecular complexity index is 634. The number of benzene rings is 1. The van der Waals surface area contributed by atoms with Gasteiger partial charge in [-0.25, -0.2) is 0 Å². The summed E-state index contributed by atoms with van der Waals surface area (Å²) in [5, 5.41) is 12.5. The van der Waals surface area contributed by atoms with Crippen LogP contribution in [0.25, 0.3) is 0 Å². The Morgan fingerprint density at radius 1 is 1.33 bits per heavy atom. The van der Waals surface area contributed by atoms with Crippen LogP contribution in [-0.2, 0) is 0 Å². The molecule has 1 aromatic carbocycles. The third-order valence-corrected chi connectivity index (χ3v) is 4.50. The number of amides is 1. The van der Waals surface area contributed by atoms with Gasteiger partial charge >= 0.3 is 0 Å². The lowest BCUT2D eigenvalue weighted by Gasteiger charge is -2.07. The van der Waals surface area contributed by atoms with Crippen LogP contribution >= 0.6 is 11.3 Å². The van der Waals surface area contributed by atoms with Crippen molar-refractivity contribution in [1.29, 1.82) is 0 Å². The largest absolute Gasteiger partial charge is 0.399 e. The molecule has 1 aromatic heterocycles. The number of rotatable bonds is 5. The predicted molar refractivity (Wildman–Crippen MR) is 86.8 cm³/mol. The van der Waals surface area contributed by atoms with Crippen molar-refractivity contribution in [2.24, 2.45) is 0 Å². The highest BCUT2D eigenvalue weighted by molar-refractivity contribution is 7.15. The molecule has 6 heteroatoms. The number of hydrogen-bond donors (Lipinski definition) is 2. The van der Waals surface area contributed by atoms with E-state index in [1.165, 1.54) is 11.3 Å². The lowest BCUT2D eigenvalue weighted by atomic mass is 10.1. The fourth-order valence-corrected chi connectivity index (χ4v) is 3.14. The van der Waals surface area contributed by atoms with Crippen LogP contribution in [-0.4, -0.2) is 16.1 Å². The molecule has 0 saturated carbocycles. The Labute approximate surface area is 128 Å². The van der Waals surface area contributed by atoms with Crippen LogP contribution in [0.4, 0.5) is 10.8 Å². The summed E-state index contributed by atoms with van der Waals surface area (Å²) in [4.78, 5) is 12.3. The highest BCUT2D eigenvalue weighted by Gasteiger charge is 2.16. The standard InChI is InChI=1S/C15H20N4OS/c1-4-10(5-2)14-18-19-15(21-14)17-13(20)12-8-11(16)7-6-9(12)3/h6-8,10H,4-5,16H2,1-3H3,(H,17,19,20). The Kier molecular flexibility index (Phi) is 4.90. The summed E-state index contributed by atoms with van der Waals surface area (Å²) in [5.74, 6) is 0.203. The number of nitrogen functional groups attached to an aromatic ring is 1. The van der Waals surface area contributed by atoms with Gasteiger partial charge in [-0.2, -0.15) is 0 Å². The maximum absolute atomic E-state index is 12.3. The molecule has 2 rings (SSSR count). The molecule has 0 unspecified atom stereocenters. The second kappa shape index (κ2) is 6.67. The molecule has 0 atom stereocenters. The maximum atomic E-state index is 12.3. The molecule has 2 aromatic rings. The van der Waals surface area contributed by atoms with E-state index in [2.05, 4.69) is 29.4 Å². The first kappa shape index (κ1) is 15.4. The van der Waals surface area contributed by atoms with E-state index in [0.717, 1.165) is 23.4 Å². The Balaban J connectivity index is 2.15. The van der Waals surface area contributed by atoms with Crippen molar-refractivity contribution in [3.8, 4) is 0 Å². The number of carbonyl (C=O) groups is 1. The van der Waals surface area contributed by atoms with E-state index in [-0.39, 0.29) is 5.91 Å². The first-order valence-corrected chi connectivity index (χ1v) is 7.87. The highest BCUT2D eigenvalue weighted by atomic mass is 32.1. The van der Waals surface area contributed by atoms with Gasteiger partial charge in [0.05, 0.1) is 0 Å². The number of aromatic nitrogens is 2. The van der Waals surface area contributed by atoms with Crippen molar-refractivity contribution >= 4 is 28.1 Å². The van der Waals surface area contributed by atoms with Crippen LogP contribution < -0.4 is 11.1 Å². The predicted octanol–water partition coefficient (Wildman–Crippen LogP) is 3.58. The molecule has 21 heavy (non-hydrogen) atoms. The number of hydrogen-bond acceptors (Lipinski definition) is 5. The van der Waals surface area contributed by atoms with Crippen molar-refractivity contribution in [1.82, 2.24) is 10.2 Å². The first-order valence-electron chi connectivity index (χ1n) is 7.06. The van der Waals surface area contributed by atoms with Gasteiger partial charge < -0.3 is 5.73 Å².